The number of aromatic nitrogens is 2. The van der Waals surface area contributed by atoms with E-state index in [9.17, 15) is 18.7 Å². The molecular formula is C32H36F2N4O3. The number of ether oxygens (including phenoxy) is 1. The number of aliphatic hydroxyl groups excluding tert-OH is 1. The van der Waals surface area contributed by atoms with Gasteiger partial charge in [-0.2, -0.15) is 0 Å². The van der Waals surface area contributed by atoms with Crippen LogP contribution in [-0.4, -0.2) is 39.9 Å². The van der Waals surface area contributed by atoms with Crippen molar-refractivity contribution in [3.8, 4) is 11.3 Å². The maximum atomic E-state index is 14.7. The molecule has 7 nitrogen and oxygen atoms in total. The summed E-state index contributed by atoms with van der Waals surface area (Å²) in [6.07, 6.45) is 0.184. The Balaban J connectivity index is 1.49. The molecule has 0 aliphatic carbocycles. The number of hydrogen-bond acceptors (Lipinski definition) is 5. The Kier molecular flexibility index (Phi) is 9.86. The number of carbonyl (C=O) groups is 1. The number of nitrogens with zero attached hydrogens (tertiary/aromatic N) is 2. The van der Waals surface area contributed by atoms with Gasteiger partial charge in [-0.05, 0) is 34.7 Å². The fourth-order valence-electron chi connectivity index (χ4n) is 4.48. The Hall–Kier alpha value is -4.08. The van der Waals surface area contributed by atoms with E-state index in [1.165, 1.54) is 0 Å². The molecule has 2 atom stereocenters. The zero-order chi connectivity index (χ0) is 29.4. The van der Waals surface area contributed by atoms with Crippen molar-refractivity contribution in [1.29, 1.82) is 0 Å². The van der Waals surface area contributed by atoms with Crippen molar-refractivity contribution < 1.29 is 23.4 Å². The van der Waals surface area contributed by atoms with Gasteiger partial charge in [0.15, 0.2) is 0 Å². The van der Waals surface area contributed by atoms with Gasteiger partial charge in [-0.25, -0.2) is 18.6 Å². The summed E-state index contributed by atoms with van der Waals surface area (Å²) in [5.41, 5.74) is 1.89. The lowest BCUT2D eigenvalue weighted by Crippen LogP contribution is -2.42. The number of hydrogen-bond donors (Lipinski definition) is 3. The maximum Gasteiger partial charge on any atom is 0.407 e. The molecule has 0 saturated heterocycles. The molecule has 4 aromatic rings. The number of aliphatic hydroxyl groups is 1. The molecule has 3 aromatic carbocycles. The highest BCUT2D eigenvalue weighted by Crippen LogP contribution is 2.35. The van der Waals surface area contributed by atoms with Crippen LogP contribution in [-0.2, 0) is 17.9 Å². The maximum absolute atomic E-state index is 14.7. The highest BCUT2D eigenvalue weighted by Gasteiger charge is 2.31. The molecule has 0 aliphatic heterocycles. The van der Waals surface area contributed by atoms with E-state index in [1.54, 1.807) is 6.20 Å². The van der Waals surface area contributed by atoms with Crippen LogP contribution in [0.2, 0.25) is 0 Å². The van der Waals surface area contributed by atoms with Crippen LogP contribution in [0.25, 0.3) is 11.3 Å². The average Bonchev–Trinajstić information content (AvgIpc) is 3.35. The summed E-state index contributed by atoms with van der Waals surface area (Å²) in [5.74, 6) is -0.505. The summed E-state index contributed by atoms with van der Waals surface area (Å²) in [6, 6.07) is 22.0. The van der Waals surface area contributed by atoms with Crippen LogP contribution in [0.1, 0.15) is 43.8 Å². The first-order chi connectivity index (χ1) is 19.6. The van der Waals surface area contributed by atoms with E-state index in [4.69, 9.17) is 9.72 Å². The normalized spacial score (nSPS) is 13.0. The molecule has 0 saturated carbocycles. The monoisotopic (exact) mass is 562 g/mol. The van der Waals surface area contributed by atoms with Gasteiger partial charge < -0.3 is 25.0 Å². The Morgan fingerprint density at radius 3 is 2.29 bits per heavy atom. The third-order valence-electron chi connectivity index (χ3n) is 6.58. The highest BCUT2D eigenvalue weighted by molar-refractivity contribution is 5.67. The minimum Gasteiger partial charge on any atom is -0.445 e. The molecule has 1 aromatic heterocycles. The van der Waals surface area contributed by atoms with Gasteiger partial charge in [0, 0.05) is 31.4 Å². The Labute approximate surface area is 239 Å². The van der Waals surface area contributed by atoms with Gasteiger partial charge in [0.05, 0.1) is 17.8 Å². The smallest absolute Gasteiger partial charge is 0.407 e. The van der Waals surface area contributed by atoms with Crippen LogP contribution in [0.15, 0.2) is 85.1 Å². The SMILES string of the molecule is CC(C)(C)[C@@H](NC[C@@H](O)CNC(=O)OCc1ccccc1)c1nc(-c2cc(F)ccc2F)cn1Cc1ccccc1. The van der Waals surface area contributed by atoms with Crippen LogP contribution in [0.4, 0.5) is 13.6 Å². The predicted molar refractivity (Wildman–Crippen MR) is 154 cm³/mol. The molecule has 0 bridgehead atoms. The molecular weight excluding hydrogens is 526 g/mol. The quantitative estimate of drug-likeness (QED) is 0.214. The van der Waals surface area contributed by atoms with Crippen molar-refractivity contribution >= 4 is 6.09 Å². The minimum atomic E-state index is -0.915. The van der Waals surface area contributed by atoms with Crippen molar-refractivity contribution in [2.24, 2.45) is 5.41 Å². The molecule has 41 heavy (non-hydrogen) atoms. The molecule has 0 spiro atoms. The van der Waals surface area contributed by atoms with E-state index in [2.05, 4.69) is 10.6 Å². The number of benzene rings is 3. The first-order valence-electron chi connectivity index (χ1n) is 13.5. The molecule has 216 valence electrons. The van der Waals surface area contributed by atoms with Gasteiger partial charge in [0.25, 0.3) is 0 Å². The van der Waals surface area contributed by atoms with Gasteiger partial charge in [0.2, 0.25) is 0 Å². The van der Waals surface area contributed by atoms with Gasteiger partial charge in [-0.15, -0.1) is 0 Å². The molecule has 4 rings (SSSR count). The number of halogens is 2. The fourth-order valence-corrected chi connectivity index (χ4v) is 4.48. The largest absolute Gasteiger partial charge is 0.445 e. The van der Waals surface area contributed by atoms with Gasteiger partial charge >= 0.3 is 6.09 Å². The molecule has 3 N–H and O–H groups in total. The summed E-state index contributed by atoms with van der Waals surface area (Å²) >= 11 is 0. The van der Waals surface area contributed by atoms with Crippen molar-refractivity contribution in [1.82, 2.24) is 20.2 Å². The number of carbonyl (C=O) groups excluding carboxylic acids is 1. The summed E-state index contributed by atoms with van der Waals surface area (Å²) in [4.78, 5) is 16.9. The highest BCUT2D eigenvalue weighted by atomic mass is 19.1. The molecule has 1 amide bonds. The van der Waals surface area contributed by atoms with E-state index in [0.717, 1.165) is 29.3 Å². The van der Waals surface area contributed by atoms with E-state index < -0.39 is 23.8 Å². The molecule has 9 heteroatoms. The second-order valence-corrected chi connectivity index (χ2v) is 11.0. The summed E-state index contributed by atoms with van der Waals surface area (Å²) < 4.78 is 35.9. The molecule has 0 aliphatic rings. The van der Waals surface area contributed by atoms with Gasteiger partial charge in [-0.3, -0.25) is 0 Å². The summed E-state index contributed by atoms with van der Waals surface area (Å²) in [6.45, 7) is 6.80. The zero-order valence-corrected chi connectivity index (χ0v) is 23.5. The topological polar surface area (TPSA) is 88.4 Å². The summed E-state index contributed by atoms with van der Waals surface area (Å²) in [7, 11) is 0. The third kappa shape index (κ3) is 8.45. The predicted octanol–water partition coefficient (Wildman–Crippen LogP) is 5.84. The molecule has 0 fully saturated rings. The molecule has 1 heterocycles. The van der Waals surface area contributed by atoms with Gasteiger partial charge in [-0.1, -0.05) is 81.4 Å². The Morgan fingerprint density at radius 2 is 1.63 bits per heavy atom. The number of rotatable bonds is 11. The second-order valence-electron chi connectivity index (χ2n) is 11.0. The Morgan fingerprint density at radius 1 is 0.976 bits per heavy atom. The van der Waals surface area contributed by atoms with E-state index >= 15 is 0 Å². The first kappa shape index (κ1) is 29.9. The van der Waals surface area contributed by atoms with Crippen molar-refractivity contribution in [2.45, 2.75) is 46.1 Å². The van der Waals surface area contributed by atoms with Crippen LogP contribution >= 0.6 is 0 Å². The van der Waals surface area contributed by atoms with Crippen LogP contribution in [0.5, 0.6) is 0 Å². The minimum absolute atomic E-state index is 0.0182. The van der Waals surface area contributed by atoms with Crippen LogP contribution in [0.3, 0.4) is 0 Å². The molecule has 0 unspecified atom stereocenters. The van der Waals surface area contributed by atoms with Crippen LogP contribution < -0.4 is 10.6 Å². The number of alkyl carbamates (subject to hydrolysis) is 1. The van der Waals surface area contributed by atoms with E-state index in [1.807, 2.05) is 86.0 Å². The van der Waals surface area contributed by atoms with Crippen molar-refractivity contribution in [3.05, 3.63) is 114 Å². The van der Waals surface area contributed by atoms with Crippen molar-refractivity contribution in [2.75, 3.05) is 13.1 Å². The second kappa shape index (κ2) is 13.5. The van der Waals surface area contributed by atoms with E-state index in [-0.39, 0.29) is 36.7 Å². The lowest BCUT2D eigenvalue weighted by Gasteiger charge is -2.32. The van der Waals surface area contributed by atoms with Crippen LogP contribution in [0, 0.1) is 17.0 Å². The number of imidazole rings is 1. The lowest BCUT2D eigenvalue weighted by atomic mass is 9.86. The first-order valence-corrected chi connectivity index (χ1v) is 13.5. The zero-order valence-electron chi connectivity index (χ0n) is 23.5. The van der Waals surface area contributed by atoms with Crippen molar-refractivity contribution in [3.63, 3.8) is 0 Å². The standard InChI is InChI=1S/C32H36F2N4O3/c1-32(2,3)29(35-17-25(39)18-36-31(40)41-21-23-12-8-5-9-13-23)30-37-28(26-16-24(33)14-15-27(26)34)20-38(30)19-22-10-6-4-7-11-22/h4-16,20,25,29,35,39H,17-19,21H2,1-3H3,(H,36,40)/t25-,29+/m1/s1. The fraction of sp³-hybridized carbons (Fsp3) is 0.312. The molecule has 0 radical (unpaired) electrons. The van der Waals surface area contributed by atoms with E-state index in [0.29, 0.717) is 18.1 Å². The third-order valence-corrected chi connectivity index (χ3v) is 6.58. The summed E-state index contributed by atoms with van der Waals surface area (Å²) in [5, 5.41) is 16.6. The Bertz CT molecular complexity index is 1420. The average molecular weight is 563 g/mol. The number of nitrogens with one attached hydrogen (secondary N) is 2. The van der Waals surface area contributed by atoms with Gasteiger partial charge in [0.1, 0.15) is 24.1 Å². The number of amides is 1. The lowest BCUT2D eigenvalue weighted by molar-refractivity contribution is 0.120.